The van der Waals surface area contributed by atoms with Crippen LogP contribution in [-0.4, -0.2) is 12.6 Å². The number of nitrogens with zero attached hydrogens (tertiary/aromatic N) is 1. The van der Waals surface area contributed by atoms with E-state index in [9.17, 15) is 4.79 Å². The van der Waals surface area contributed by atoms with Crippen LogP contribution >= 0.6 is 0 Å². The molecule has 0 radical (unpaired) electrons. The van der Waals surface area contributed by atoms with E-state index in [0.717, 1.165) is 12.0 Å². The van der Waals surface area contributed by atoms with E-state index in [1.54, 1.807) is 19.9 Å². The molecule has 0 saturated heterocycles. The van der Waals surface area contributed by atoms with Crippen LogP contribution in [0, 0.1) is 17.2 Å². The van der Waals surface area contributed by atoms with Crippen molar-refractivity contribution < 1.29 is 9.53 Å². The maximum Gasteiger partial charge on any atom is 0.348 e. The Morgan fingerprint density at radius 2 is 2.27 bits per heavy atom. The largest absolute Gasteiger partial charge is 0.462 e. The molecular weight excluding hydrogens is 190 g/mol. The van der Waals surface area contributed by atoms with Gasteiger partial charge in [-0.15, -0.1) is 6.58 Å². The Balaban J connectivity index is 4.90. The molecule has 3 heteroatoms. The van der Waals surface area contributed by atoms with Gasteiger partial charge < -0.3 is 4.74 Å². The van der Waals surface area contributed by atoms with Crippen LogP contribution in [-0.2, 0) is 9.53 Å². The topological polar surface area (TPSA) is 50.1 Å². The molecule has 0 bridgehead atoms. The molecule has 15 heavy (non-hydrogen) atoms. The minimum absolute atomic E-state index is 0.117. The minimum atomic E-state index is -0.534. The molecule has 0 heterocycles. The molecular formula is C12H17NO2. The predicted octanol–water partition coefficient (Wildman–Crippen LogP) is 2.60. The summed E-state index contributed by atoms with van der Waals surface area (Å²) >= 11 is 0. The van der Waals surface area contributed by atoms with E-state index in [2.05, 4.69) is 6.58 Å². The first-order valence-electron chi connectivity index (χ1n) is 4.97. The van der Waals surface area contributed by atoms with Crippen LogP contribution in [0.25, 0.3) is 0 Å². The number of nitriles is 1. The van der Waals surface area contributed by atoms with Gasteiger partial charge in [0.2, 0.25) is 0 Å². The number of allylic oxidation sites excluding steroid dienone is 2. The van der Waals surface area contributed by atoms with Gasteiger partial charge in [0.1, 0.15) is 11.6 Å². The van der Waals surface area contributed by atoms with Gasteiger partial charge in [-0.1, -0.05) is 13.0 Å². The van der Waals surface area contributed by atoms with E-state index >= 15 is 0 Å². The highest BCUT2D eigenvalue weighted by atomic mass is 16.5. The summed E-state index contributed by atoms with van der Waals surface area (Å²) in [6.07, 6.45) is 2.52. The van der Waals surface area contributed by atoms with Crippen molar-refractivity contribution in [2.75, 3.05) is 6.61 Å². The molecule has 0 N–H and O–H groups in total. The SMILES string of the molecule is C=CC[C@H](C)/C(C)=C(\C#N)C(=O)OCC. The summed E-state index contributed by atoms with van der Waals surface area (Å²) in [5, 5.41) is 8.88. The lowest BCUT2D eigenvalue weighted by Crippen LogP contribution is -2.11. The quantitative estimate of drug-likeness (QED) is 0.301. The van der Waals surface area contributed by atoms with Gasteiger partial charge in [-0.25, -0.2) is 4.79 Å². The van der Waals surface area contributed by atoms with Crippen molar-refractivity contribution in [1.29, 1.82) is 5.26 Å². The van der Waals surface area contributed by atoms with Crippen molar-refractivity contribution in [2.45, 2.75) is 27.2 Å². The lowest BCUT2D eigenvalue weighted by molar-refractivity contribution is -0.138. The molecule has 0 aliphatic rings. The molecule has 0 saturated carbocycles. The van der Waals surface area contributed by atoms with Gasteiger partial charge in [-0.3, -0.25) is 0 Å². The molecule has 0 aromatic carbocycles. The number of hydrogen-bond donors (Lipinski definition) is 0. The lowest BCUT2D eigenvalue weighted by Gasteiger charge is -2.11. The Morgan fingerprint density at radius 1 is 1.67 bits per heavy atom. The van der Waals surface area contributed by atoms with E-state index in [0.29, 0.717) is 0 Å². The van der Waals surface area contributed by atoms with E-state index in [1.165, 1.54) is 0 Å². The molecule has 0 aromatic rings. The summed E-state index contributed by atoms with van der Waals surface area (Å²) in [5.41, 5.74) is 0.877. The van der Waals surface area contributed by atoms with Crippen LogP contribution in [0.5, 0.6) is 0 Å². The maximum atomic E-state index is 11.4. The van der Waals surface area contributed by atoms with Gasteiger partial charge in [0, 0.05) is 0 Å². The molecule has 3 nitrogen and oxygen atoms in total. The highest BCUT2D eigenvalue weighted by Gasteiger charge is 2.16. The summed E-state index contributed by atoms with van der Waals surface area (Å²) in [6, 6.07) is 1.90. The first-order chi connectivity index (χ1) is 7.08. The van der Waals surface area contributed by atoms with Gasteiger partial charge >= 0.3 is 5.97 Å². The summed E-state index contributed by atoms with van der Waals surface area (Å²) in [5.74, 6) is -0.394. The second kappa shape index (κ2) is 6.83. The van der Waals surface area contributed by atoms with Gasteiger partial charge in [-0.2, -0.15) is 5.26 Å². The third kappa shape index (κ3) is 3.99. The fraction of sp³-hybridized carbons (Fsp3) is 0.500. The van der Waals surface area contributed by atoms with Crippen LogP contribution < -0.4 is 0 Å². The van der Waals surface area contributed by atoms with Crippen molar-refractivity contribution in [3.63, 3.8) is 0 Å². The standard InChI is InChI=1S/C12H17NO2/c1-5-7-9(3)10(4)11(8-13)12(14)15-6-2/h5,9H,1,6-7H2,2-4H3/b11-10+/t9-/m0/s1. The third-order valence-electron chi connectivity index (χ3n) is 2.25. The molecule has 0 unspecified atom stereocenters. The second-order valence-corrected chi connectivity index (χ2v) is 3.32. The zero-order valence-electron chi connectivity index (χ0n) is 9.54. The average molecular weight is 207 g/mol. The summed E-state index contributed by atoms with van der Waals surface area (Å²) in [6.45, 7) is 9.36. The van der Waals surface area contributed by atoms with Crippen LogP contribution in [0.15, 0.2) is 23.8 Å². The molecule has 0 fully saturated rings. The van der Waals surface area contributed by atoms with Gasteiger partial charge in [0.15, 0.2) is 0 Å². The van der Waals surface area contributed by atoms with Crippen molar-refractivity contribution in [3.8, 4) is 6.07 Å². The molecule has 0 aromatic heterocycles. The highest BCUT2D eigenvalue weighted by Crippen LogP contribution is 2.19. The number of rotatable bonds is 5. The zero-order valence-corrected chi connectivity index (χ0v) is 9.54. The Bertz CT molecular complexity index is 310. The number of carbonyl (C=O) groups excluding carboxylic acids is 1. The van der Waals surface area contributed by atoms with Gasteiger partial charge in [-0.05, 0) is 31.8 Å². The Labute approximate surface area is 91.0 Å². The summed E-state index contributed by atoms with van der Waals surface area (Å²) < 4.78 is 4.80. The summed E-state index contributed by atoms with van der Waals surface area (Å²) in [4.78, 5) is 11.4. The monoisotopic (exact) mass is 207 g/mol. The number of carbonyl (C=O) groups is 1. The number of hydrogen-bond acceptors (Lipinski definition) is 3. The van der Waals surface area contributed by atoms with Crippen molar-refractivity contribution in [2.24, 2.45) is 5.92 Å². The van der Waals surface area contributed by atoms with Crippen LogP contribution in [0.2, 0.25) is 0 Å². The van der Waals surface area contributed by atoms with Crippen LogP contribution in [0.1, 0.15) is 27.2 Å². The molecule has 0 aliphatic carbocycles. The predicted molar refractivity (Wildman–Crippen MR) is 58.9 cm³/mol. The Hall–Kier alpha value is -1.56. The fourth-order valence-electron chi connectivity index (χ4n) is 1.17. The normalized spacial score (nSPS) is 13.5. The summed E-state index contributed by atoms with van der Waals surface area (Å²) in [7, 11) is 0. The van der Waals surface area contributed by atoms with E-state index in [-0.39, 0.29) is 18.1 Å². The molecule has 0 amide bonds. The van der Waals surface area contributed by atoms with E-state index in [1.807, 2.05) is 13.0 Å². The number of esters is 1. The average Bonchev–Trinajstić information content (AvgIpc) is 2.19. The lowest BCUT2D eigenvalue weighted by atomic mass is 9.95. The first kappa shape index (κ1) is 13.4. The van der Waals surface area contributed by atoms with Crippen LogP contribution in [0.3, 0.4) is 0 Å². The van der Waals surface area contributed by atoms with Crippen LogP contribution in [0.4, 0.5) is 0 Å². The minimum Gasteiger partial charge on any atom is -0.462 e. The van der Waals surface area contributed by atoms with Crippen molar-refractivity contribution in [3.05, 3.63) is 23.8 Å². The molecule has 0 spiro atoms. The van der Waals surface area contributed by atoms with Crippen molar-refractivity contribution in [1.82, 2.24) is 0 Å². The fourth-order valence-corrected chi connectivity index (χ4v) is 1.17. The zero-order chi connectivity index (χ0) is 11.8. The second-order valence-electron chi connectivity index (χ2n) is 3.32. The Kier molecular flexibility index (Phi) is 6.12. The molecule has 0 aliphatic heterocycles. The van der Waals surface area contributed by atoms with Gasteiger partial charge in [0.05, 0.1) is 6.61 Å². The first-order valence-corrected chi connectivity index (χ1v) is 4.97. The Morgan fingerprint density at radius 3 is 2.67 bits per heavy atom. The molecule has 1 atom stereocenters. The smallest absolute Gasteiger partial charge is 0.348 e. The maximum absolute atomic E-state index is 11.4. The van der Waals surface area contributed by atoms with Gasteiger partial charge in [0.25, 0.3) is 0 Å². The number of ether oxygens (including phenoxy) is 1. The van der Waals surface area contributed by atoms with E-state index in [4.69, 9.17) is 10.00 Å². The van der Waals surface area contributed by atoms with E-state index < -0.39 is 5.97 Å². The molecule has 82 valence electrons. The van der Waals surface area contributed by atoms with Crippen molar-refractivity contribution >= 4 is 5.97 Å². The molecule has 0 rings (SSSR count). The third-order valence-corrected chi connectivity index (χ3v) is 2.25. The highest BCUT2D eigenvalue weighted by molar-refractivity contribution is 5.93.